The van der Waals surface area contributed by atoms with E-state index in [1.165, 1.54) is 36.8 Å². The van der Waals surface area contributed by atoms with Crippen molar-refractivity contribution in [2.75, 3.05) is 20.4 Å². The first-order chi connectivity index (χ1) is 15.8. The molecule has 3 aliphatic rings. The van der Waals surface area contributed by atoms with Crippen molar-refractivity contribution in [1.29, 1.82) is 0 Å². The zero-order valence-corrected chi connectivity index (χ0v) is 19.4. The van der Waals surface area contributed by atoms with Crippen LogP contribution < -0.4 is 5.73 Å². The average Bonchev–Trinajstić information content (AvgIpc) is 2.75. The number of aliphatic hydroxyl groups is 4. The number of nitrogens with two attached hydrogens (primary N) is 1. The highest BCUT2D eigenvalue weighted by atomic mass is 32.2. The summed E-state index contributed by atoms with van der Waals surface area (Å²) in [6.45, 7) is 4.01. The summed E-state index contributed by atoms with van der Waals surface area (Å²) in [6.07, 6.45) is 0.0461. The van der Waals surface area contributed by atoms with Gasteiger partial charge in [-0.3, -0.25) is 19.3 Å². The van der Waals surface area contributed by atoms with Gasteiger partial charge in [0.25, 0.3) is 5.91 Å². The van der Waals surface area contributed by atoms with E-state index in [0.717, 1.165) is 0 Å². The average molecular weight is 489 g/mol. The molecule has 1 aromatic rings. The normalized spacial score (nSPS) is 30.9. The van der Waals surface area contributed by atoms with Crippen molar-refractivity contribution in [3.63, 3.8) is 0 Å². The second kappa shape index (κ2) is 7.70. The molecule has 0 saturated carbocycles. The first-order valence-electron chi connectivity index (χ1n) is 10.2. The summed E-state index contributed by atoms with van der Waals surface area (Å²) >= 11 is 1.28. The third-order valence-corrected chi connectivity index (χ3v) is 7.68. The van der Waals surface area contributed by atoms with Crippen LogP contribution >= 0.6 is 11.8 Å². The Kier molecular flexibility index (Phi) is 5.44. The summed E-state index contributed by atoms with van der Waals surface area (Å²) in [5, 5.41) is 55.5. The number of aromatic hydroxyl groups is 1. The van der Waals surface area contributed by atoms with Gasteiger partial charge in [0, 0.05) is 16.4 Å². The highest BCUT2D eigenvalue weighted by Crippen LogP contribution is 2.55. The van der Waals surface area contributed by atoms with Gasteiger partial charge in [0.05, 0.1) is 29.2 Å². The largest absolute Gasteiger partial charge is 0.510 e. The Morgan fingerprint density at radius 1 is 1.18 bits per heavy atom. The van der Waals surface area contributed by atoms with Crippen LogP contribution in [0.1, 0.15) is 15.9 Å². The number of phenols is 1. The molecule has 7 N–H and O–H groups in total. The predicted octanol–water partition coefficient (Wildman–Crippen LogP) is 0.284. The van der Waals surface area contributed by atoms with Gasteiger partial charge in [-0.15, -0.1) is 11.8 Å². The first-order valence-corrected chi connectivity index (χ1v) is 11.5. The molecule has 0 fully saturated rings. The number of hydrogen-bond donors (Lipinski definition) is 6. The van der Waals surface area contributed by atoms with Gasteiger partial charge in [0.1, 0.15) is 22.8 Å². The molecule has 0 aromatic heterocycles. The fourth-order valence-electron chi connectivity index (χ4n) is 5.45. The van der Waals surface area contributed by atoms with Crippen molar-refractivity contribution >= 4 is 34.8 Å². The zero-order chi connectivity index (χ0) is 25.4. The van der Waals surface area contributed by atoms with E-state index < -0.39 is 75.5 Å². The molecule has 0 spiro atoms. The van der Waals surface area contributed by atoms with Crippen molar-refractivity contribution in [1.82, 2.24) is 4.90 Å². The number of carbonyl (C=O) groups excluding carboxylic acids is 3. The lowest BCUT2D eigenvalue weighted by molar-refractivity contribution is -0.159. The fourth-order valence-corrected chi connectivity index (χ4v) is 6.09. The number of amides is 1. The van der Waals surface area contributed by atoms with Crippen LogP contribution in [-0.2, 0) is 9.59 Å². The van der Waals surface area contributed by atoms with Gasteiger partial charge < -0.3 is 31.3 Å². The predicted molar refractivity (Wildman–Crippen MR) is 122 cm³/mol. The van der Waals surface area contributed by atoms with Crippen LogP contribution in [0.25, 0.3) is 5.57 Å². The van der Waals surface area contributed by atoms with E-state index in [1.807, 2.05) is 0 Å². The molecule has 0 radical (unpaired) electrons. The zero-order valence-electron chi connectivity index (χ0n) is 18.6. The van der Waals surface area contributed by atoms with E-state index in [1.54, 1.807) is 12.3 Å². The highest BCUT2D eigenvalue weighted by molar-refractivity contribution is 7.98. The lowest BCUT2D eigenvalue weighted by Crippen LogP contribution is -2.68. The smallest absolute Gasteiger partial charge is 0.255 e. The maximum atomic E-state index is 13.5. The number of fused-ring (bicyclic) bond motifs is 3. The third-order valence-electron chi connectivity index (χ3n) is 6.90. The van der Waals surface area contributed by atoms with E-state index in [9.17, 15) is 39.9 Å². The SMILES string of the molecule is C=C1c2c(SC)ccc(O)c2C(=O)C2=C(O)[C@]3(O)C(=O)C(C(N)=O)=C(O)[C@@H](N(C)C)[C@@H]3[C@@H](O)[C@H]12. The molecular weight excluding hydrogens is 464 g/mol. The van der Waals surface area contributed by atoms with Crippen LogP contribution in [0.4, 0.5) is 0 Å². The molecule has 34 heavy (non-hydrogen) atoms. The number of Topliss-reactive ketones (excluding diaryl/α,β-unsaturated/α-hetero) is 2. The molecule has 5 atom stereocenters. The first kappa shape index (κ1) is 24.0. The molecule has 4 rings (SSSR count). The van der Waals surface area contributed by atoms with Crippen LogP contribution in [-0.4, -0.2) is 86.0 Å². The number of benzene rings is 1. The minimum Gasteiger partial charge on any atom is -0.510 e. The Balaban J connectivity index is 2.08. The number of likely N-dealkylation sites (N-methyl/N-ethyl adjacent to an activating group) is 1. The number of aliphatic hydroxyl groups excluding tert-OH is 3. The van der Waals surface area contributed by atoms with Crippen LogP contribution in [0.5, 0.6) is 5.75 Å². The van der Waals surface area contributed by atoms with Crippen molar-refractivity contribution in [2.45, 2.75) is 22.6 Å². The van der Waals surface area contributed by atoms with Crippen molar-refractivity contribution in [3.8, 4) is 5.75 Å². The summed E-state index contributed by atoms with van der Waals surface area (Å²) in [7, 11) is 2.94. The summed E-state index contributed by atoms with van der Waals surface area (Å²) < 4.78 is 0. The van der Waals surface area contributed by atoms with Gasteiger partial charge in [-0.05, 0) is 38.1 Å². The van der Waals surface area contributed by atoms with E-state index in [4.69, 9.17) is 5.73 Å². The van der Waals surface area contributed by atoms with Gasteiger partial charge in [-0.25, -0.2) is 0 Å². The molecule has 3 aliphatic carbocycles. The molecular formula is C23H24N2O8S. The maximum absolute atomic E-state index is 13.5. The number of thioether (sulfide) groups is 1. The van der Waals surface area contributed by atoms with E-state index in [2.05, 4.69) is 6.58 Å². The molecule has 1 amide bonds. The summed E-state index contributed by atoms with van der Waals surface area (Å²) in [6, 6.07) is 1.56. The number of ketones is 2. The third kappa shape index (κ3) is 2.78. The Hall–Kier alpha value is -3.12. The number of rotatable bonds is 3. The van der Waals surface area contributed by atoms with Gasteiger partial charge >= 0.3 is 0 Å². The van der Waals surface area contributed by atoms with Crippen LogP contribution in [0.3, 0.4) is 0 Å². The monoisotopic (exact) mass is 488 g/mol. The molecule has 0 unspecified atom stereocenters. The fraction of sp³-hybridized carbons (Fsp3) is 0.348. The quantitative estimate of drug-likeness (QED) is 0.255. The lowest BCUT2D eigenvalue weighted by atomic mass is 9.56. The van der Waals surface area contributed by atoms with Gasteiger partial charge in [-0.2, -0.15) is 0 Å². The molecule has 10 nitrogen and oxygen atoms in total. The topological polar surface area (TPSA) is 182 Å². The van der Waals surface area contributed by atoms with Gasteiger partial charge in [-0.1, -0.05) is 6.58 Å². The highest BCUT2D eigenvalue weighted by Gasteiger charge is 2.67. The number of hydrogen-bond acceptors (Lipinski definition) is 10. The standard InChI is InChI=1S/C23H24N2O8S/c1-7-10-9(34-4)6-5-8(26)12(10)17(27)13-11(7)18(28)15-16(25(2)3)19(29)14(22(24)32)21(31)23(15,33)20(13)30/h5-6,11,15-16,18,26,28-30,33H,1H2,2-4H3,(H2,24,32)/t11-,15-,16+,18+,23+/m1/s1. The van der Waals surface area contributed by atoms with Gasteiger partial charge in [0.2, 0.25) is 5.78 Å². The number of primary amides is 1. The van der Waals surface area contributed by atoms with E-state index >= 15 is 0 Å². The number of phenolic OH excluding ortho intramolecular Hbond substituents is 1. The summed E-state index contributed by atoms with van der Waals surface area (Å²) in [5.74, 6) is -8.79. The molecule has 0 aliphatic heterocycles. The summed E-state index contributed by atoms with van der Waals surface area (Å²) in [4.78, 5) is 40.7. The molecule has 1 aromatic carbocycles. The minimum atomic E-state index is -2.95. The van der Waals surface area contributed by atoms with Crippen molar-refractivity contribution in [2.24, 2.45) is 17.6 Å². The molecule has 0 heterocycles. The Morgan fingerprint density at radius 3 is 2.32 bits per heavy atom. The Bertz CT molecular complexity index is 1250. The molecule has 0 saturated heterocycles. The van der Waals surface area contributed by atoms with Crippen LogP contribution in [0.2, 0.25) is 0 Å². The Morgan fingerprint density at radius 2 is 1.79 bits per heavy atom. The number of carbonyl (C=O) groups is 3. The minimum absolute atomic E-state index is 0.181. The van der Waals surface area contributed by atoms with Crippen molar-refractivity contribution < 1.29 is 39.9 Å². The second-order valence-electron chi connectivity index (χ2n) is 8.78. The maximum Gasteiger partial charge on any atom is 0.255 e. The van der Waals surface area contributed by atoms with E-state index in [0.29, 0.717) is 4.90 Å². The molecule has 180 valence electrons. The lowest BCUT2D eigenvalue weighted by Gasteiger charge is -2.52. The number of nitrogens with zero attached hydrogens (tertiary/aromatic N) is 1. The van der Waals surface area contributed by atoms with Crippen LogP contribution in [0.15, 0.2) is 46.3 Å². The van der Waals surface area contributed by atoms with Crippen molar-refractivity contribution in [3.05, 3.63) is 52.5 Å². The molecule has 11 heteroatoms. The second-order valence-corrected chi connectivity index (χ2v) is 9.62. The van der Waals surface area contributed by atoms with E-state index in [-0.39, 0.29) is 16.7 Å². The van der Waals surface area contributed by atoms with Crippen LogP contribution in [0, 0.1) is 11.8 Å². The summed E-state index contributed by atoms with van der Waals surface area (Å²) in [5.41, 5.74) is 1.15. The Labute approximate surface area is 198 Å². The molecule has 0 bridgehead atoms. The van der Waals surface area contributed by atoms with Gasteiger partial charge in [0.15, 0.2) is 11.4 Å².